The van der Waals surface area contributed by atoms with E-state index < -0.39 is 5.91 Å². The van der Waals surface area contributed by atoms with Crippen LogP contribution < -0.4 is 21.3 Å². The molecule has 3 rings (SSSR count). The van der Waals surface area contributed by atoms with Crippen LogP contribution in [0.25, 0.3) is 10.9 Å². The van der Waals surface area contributed by atoms with Crippen molar-refractivity contribution in [1.29, 1.82) is 0 Å². The zero-order chi connectivity index (χ0) is 22.4. The molecule has 1 heterocycles. The Balaban J connectivity index is 1.56. The zero-order valence-electron chi connectivity index (χ0n) is 18.0. The summed E-state index contributed by atoms with van der Waals surface area (Å²) in [5.41, 5.74) is 6.79. The van der Waals surface area contributed by atoms with Gasteiger partial charge in [-0.05, 0) is 50.2 Å². The van der Waals surface area contributed by atoms with Crippen molar-refractivity contribution < 1.29 is 9.59 Å². The molecule has 0 fully saturated rings. The summed E-state index contributed by atoms with van der Waals surface area (Å²) in [6, 6.07) is 14.3. The fourth-order valence-corrected chi connectivity index (χ4v) is 3.39. The molecule has 0 saturated carbocycles. The van der Waals surface area contributed by atoms with Gasteiger partial charge in [-0.1, -0.05) is 12.1 Å². The number of nitrogens with zero attached hydrogens (tertiary/aromatic N) is 3. The van der Waals surface area contributed by atoms with Gasteiger partial charge in [0, 0.05) is 44.2 Å². The second-order valence-corrected chi connectivity index (χ2v) is 7.13. The number of hydrazine groups is 1. The lowest BCUT2D eigenvalue weighted by Gasteiger charge is -2.21. The highest BCUT2D eigenvalue weighted by Crippen LogP contribution is 2.14. The van der Waals surface area contributed by atoms with Crippen LogP contribution in [0, 0.1) is 0 Å². The third-order valence-corrected chi connectivity index (χ3v) is 5.22. The number of para-hydroxylation sites is 1. The van der Waals surface area contributed by atoms with Crippen LogP contribution in [0.3, 0.4) is 0 Å². The number of fused-ring (bicyclic) bond motifs is 1. The highest BCUT2D eigenvalue weighted by Gasteiger charge is 2.12. The van der Waals surface area contributed by atoms with Gasteiger partial charge in [0.1, 0.15) is 5.82 Å². The number of carbonyl (C=O) groups is 2. The molecule has 0 saturated heterocycles. The highest BCUT2D eigenvalue weighted by atomic mass is 16.2. The van der Waals surface area contributed by atoms with E-state index in [0.717, 1.165) is 18.8 Å². The lowest BCUT2D eigenvalue weighted by atomic mass is 10.2. The lowest BCUT2D eigenvalue weighted by Crippen LogP contribution is -2.41. The van der Waals surface area contributed by atoms with Gasteiger partial charge in [-0.3, -0.25) is 29.8 Å². The second-order valence-electron chi connectivity index (χ2n) is 7.13. The van der Waals surface area contributed by atoms with E-state index >= 15 is 0 Å². The Morgan fingerprint density at radius 3 is 2.35 bits per heavy atom. The topological polar surface area (TPSA) is 96.3 Å². The van der Waals surface area contributed by atoms with Crippen LogP contribution in [0.15, 0.2) is 53.3 Å². The molecule has 162 valence electrons. The molecule has 8 heteroatoms. The van der Waals surface area contributed by atoms with Gasteiger partial charge in [-0.2, -0.15) is 0 Å². The molecule has 3 aromatic rings. The van der Waals surface area contributed by atoms with Gasteiger partial charge in [0.05, 0.1) is 10.9 Å². The first kappa shape index (κ1) is 22.0. The molecule has 0 atom stereocenters. The first-order valence-electron chi connectivity index (χ1n) is 10.3. The summed E-state index contributed by atoms with van der Waals surface area (Å²) in [5, 5.41) is 0.539. The SMILES string of the molecule is CCN(CC)c1ccc(C(=O)NNC(=O)CCc2nc3ccccc3c(=O)n2C)cc1. The summed E-state index contributed by atoms with van der Waals surface area (Å²) in [6.07, 6.45) is 0.358. The number of nitrogens with one attached hydrogen (secondary N) is 2. The fraction of sp³-hybridized carbons (Fsp3) is 0.304. The van der Waals surface area contributed by atoms with Gasteiger partial charge >= 0.3 is 0 Å². The van der Waals surface area contributed by atoms with Gasteiger partial charge < -0.3 is 4.90 Å². The molecule has 31 heavy (non-hydrogen) atoms. The quantitative estimate of drug-likeness (QED) is 0.570. The summed E-state index contributed by atoms with van der Waals surface area (Å²) in [5.74, 6) is -0.247. The monoisotopic (exact) mass is 421 g/mol. The summed E-state index contributed by atoms with van der Waals surface area (Å²) in [7, 11) is 1.64. The van der Waals surface area contributed by atoms with E-state index in [1.54, 1.807) is 37.4 Å². The smallest absolute Gasteiger partial charge is 0.269 e. The Morgan fingerprint density at radius 1 is 1.00 bits per heavy atom. The summed E-state index contributed by atoms with van der Waals surface area (Å²) >= 11 is 0. The van der Waals surface area contributed by atoms with Crippen LogP contribution in [0.2, 0.25) is 0 Å². The first-order chi connectivity index (χ1) is 14.9. The van der Waals surface area contributed by atoms with Crippen molar-refractivity contribution in [3.63, 3.8) is 0 Å². The van der Waals surface area contributed by atoms with Crippen LogP contribution >= 0.6 is 0 Å². The van der Waals surface area contributed by atoms with E-state index in [2.05, 4.69) is 34.6 Å². The third kappa shape index (κ3) is 5.09. The third-order valence-electron chi connectivity index (χ3n) is 5.22. The number of benzene rings is 2. The fourth-order valence-electron chi connectivity index (χ4n) is 3.39. The van der Waals surface area contributed by atoms with E-state index in [9.17, 15) is 14.4 Å². The minimum absolute atomic E-state index is 0.0831. The van der Waals surface area contributed by atoms with Crippen LogP contribution in [-0.2, 0) is 18.3 Å². The number of hydrogen-bond acceptors (Lipinski definition) is 5. The number of aromatic nitrogens is 2. The van der Waals surface area contributed by atoms with Crippen molar-refractivity contribution in [2.75, 3.05) is 18.0 Å². The van der Waals surface area contributed by atoms with Crippen molar-refractivity contribution in [2.45, 2.75) is 26.7 Å². The Hall–Kier alpha value is -3.68. The molecule has 2 N–H and O–H groups in total. The summed E-state index contributed by atoms with van der Waals surface area (Å²) < 4.78 is 1.45. The van der Waals surface area contributed by atoms with Gasteiger partial charge in [-0.25, -0.2) is 4.98 Å². The molecule has 0 spiro atoms. The van der Waals surface area contributed by atoms with E-state index in [4.69, 9.17) is 0 Å². The average molecular weight is 422 g/mol. The van der Waals surface area contributed by atoms with Crippen LogP contribution in [-0.4, -0.2) is 34.5 Å². The Morgan fingerprint density at radius 2 is 1.68 bits per heavy atom. The average Bonchev–Trinajstić information content (AvgIpc) is 2.80. The predicted molar refractivity (Wildman–Crippen MR) is 121 cm³/mol. The molecular weight excluding hydrogens is 394 g/mol. The van der Waals surface area contributed by atoms with Crippen molar-refractivity contribution in [1.82, 2.24) is 20.4 Å². The molecule has 0 aliphatic carbocycles. The maximum absolute atomic E-state index is 12.4. The molecular formula is C23H27N5O3. The molecule has 1 aromatic heterocycles. The normalized spacial score (nSPS) is 10.7. The van der Waals surface area contributed by atoms with Crippen molar-refractivity contribution >= 4 is 28.4 Å². The van der Waals surface area contributed by atoms with E-state index in [1.165, 1.54) is 4.57 Å². The van der Waals surface area contributed by atoms with Crippen LogP contribution in [0.1, 0.15) is 36.5 Å². The molecule has 0 radical (unpaired) electrons. The van der Waals surface area contributed by atoms with E-state index in [-0.39, 0.29) is 24.3 Å². The number of anilines is 1. The Labute approximate surface area is 180 Å². The van der Waals surface area contributed by atoms with Gasteiger partial charge in [0.15, 0.2) is 0 Å². The van der Waals surface area contributed by atoms with E-state index in [0.29, 0.717) is 22.3 Å². The number of rotatable bonds is 7. The molecule has 0 aliphatic rings. The van der Waals surface area contributed by atoms with Crippen molar-refractivity contribution in [3.8, 4) is 0 Å². The van der Waals surface area contributed by atoms with Crippen molar-refractivity contribution in [2.24, 2.45) is 7.05 Å². The van der Waals surface area contributed by atoms with Crippen LogP contribution in [0.5, 0.6) is 0 Å². The minimum atomic E-state index is -0.393. The van der Waals surface area contributed by atoms with E-state index in [1.807, 2.05) is 18.2 Å². The standard InChI is InChI=1S/C23H27N5O3/c1-4-28(5-2)17-12-10-16(11-13-17)22(30)26-25-21(29)15-14-20-24-19-9-7-6-8-18(19)23(31)27(20)3/h6-13H,4-5,14-15H2,1-3H3,(H,25,29)(H,26,30). The molecule has 0 unspecified atom stereocenters. The Kier molecular flexibility index (Phi) is 7.02. The number of carbonyl (C=O) groups excluding carboxylic acids is 2. The zero-order valence-corrected chi connectivity index (χ0v) is 18.0. The number of aryl methyl sites for hydroxylation is 1. The maximum Gasteiger partial charge on any atom is 0.269 e. The van der Waals surface area contributed by atoms with Gasteiger partial charge in [0.25, 0.3) is 11.5 Å². The highest BCUT2D eigenvalue weighted by molar-refractivity contribution is 5.95. The largest absolute Gasteiger partial charge is 0.372 e. The molecule has 2 amide bonds. The van der Waals surface area contributed by atoms with Gasteiger partial charge in [-0.15, -0.1) is 0 Å². The van der Waals surface area contributed by atoms with Crippen molar-refractivity contribution in [3.05, 3.63) is 70.3 Å². The summed E-state index contributed by atoms with van der Waals surface area (Å²) in [4.78, 5) is 43.6. The summed E-state index contributed by atoms with van der Waals surface area (Å²) in [6.45, 7) is 5.92. The first-order valence-corrected chi connectivity index (χ1v) is 10.3. The molecule has 0 aliphatic heterocycles. The van der Waals surface area contributed by atoms with Crippen LogP contribution in [0.4, 0.5) is 5.69 Å². The number of hydrogen-bond donors (Lipinski definition) is 2. The minimum Gasteiger partial charge on any atom is -0.372 e. The maximum atomic E-state index is 12.4. The van der Waals surface area contributed by atoms with Gasteiger partial charge in [0.2, 0.25) is 5.91 Å². The molecule has 0 bridgehead atoms. The second kappa shape index (κ2) is 9.88. The molecule has 2 aromatic carbocycles. The molecule has 8 nitrogen and oxygen atoms in total. The Bertz CT molecular complexity index is 1130. The predicted octanol–water partition coefficient (Wildman–Crippen LogP) is 2.17. The number of amides is 2. The lowest BCUT2D eigenvalue weighted by molar-refractivity contribution is -0.121.